The van der Waals surface area contributed by atoms with Gasteiger partial charge in [0.05, 0.1) is 0 Å². The van der Waals surface area contributed by atoms with E-state index in [1.165, 1.54) is 4.90 Å². The van der Waals surface area contributed by atoms with Crippen molar-refractivity contribution in [2.45, 2.75) is 65.5 Å². The second-order valence-corrected chi connectivity index (χ2v) is 7.22. The number of carbonyl (C=O) groups excluding carboxylic acids is 1. The van der Waals surface area contributed by atoms with Gasteiger partial charge >= 0.3 is 5.97 Å². The highest BCUT2D eigenvalue weighted by Gasteiger charge is 2.37. The number of carbonyl (C=O) groups is 2. The maximum atomic E-state index is 12.3. The fraction of sp³-hybridized carbons (Fsp3) is 0.867. The molecular weight excluding hydrogens is 256 g/mol. The molecule has 0 aromatic heterocycles. The number of carboxylic acid groups (broad SMARTS) is 1. The Hall–Kier alpha value is -1.10. The average molecular weight is 284 g/mol. The van der Waals surface area contributed by atoms with Crippen LogP contribution in [0.25, 0.3) is 0 Å². The van der Waals surface area contributed by atoms with Crippen molar-refractivity contribution in [1.29, 1.82) is 0 Å². The summed E-state index contributed by atoms with van der Waals surface area (Å²) in [5.41, 5.74) is 6.10. The maximum Gasteiger partial charge on any atom is 0.326 e. The van der Waals surface area contributed by atoms with Crippen molar-refractivity contribution in [3.05, 3.63) is 0 Å². The second kappa shape index (κ2) is 6.57. The van der Waals surface area contributed by atoms with Crippen molar-refractivity contribution >= 4 is 11.9 Å². The minimum atomic E-state index is -0.907. The summed E-state index contributed by atoms with van der Waals surface area (Å²) in [7, 11) is 0. The second-order valence-electron chi connectivity index (χ2n) is 7.22. The minimum absolute atomic E-state index is 0.00374. The number of aliphatic carboxylic acids is 1. The summed E-state index contributed by atoms with van der Waals surface area (Å²) in [6, 6.07) is -0.910. The highest BCUT2D eigenvalue weighted by Crippen LogP contribution is 2.26. The van der Waals surface area contributed by atoms with Gasteiger partial charge in [0.1, 0.15) is 6.04 Å². The molecule has 3 atom stereocenters. The molecule has 0 spiro atoms. The molecule has 0 saturated carbocycles. The lowest BCUT2D eigenvalue weighted by Gasteiger charge is -2.38. The molecular formula is C15H28N2O3. The van der Waals surface area contributed by atoms with E-state index < -0.39 is 12.0 Å². The molecule has 1 rings (SSSR count). The lowest BCUT2D eigenvalue weighted by atomic mass is 9.86. The molecule has 1 saturated heterocycles. The zero-order valence-electron chi connectivity index (χ0n) is 13.1. The molecule has 1 aliphatic rings. The van der Waals surface area contributed by atoms with Gasteiger partial charge in [-0.1, -0.05) is 27.7 Å². The molecule has 5 nitrogen and oxygen atoms in total. The zero-order chi connectivity index (χ0) is 15.5. The van der Waals surface area contributed by atoms with E-state index >= 15 is 0 Å². The molecule has 0 aromatic carbocycles. The fourth-order valence-corrected chi connectivity index (χ4v) is 3.04. The normalized spacial score (nSPS) is 25.4. The van der Waals surface area contributed by atoms with Crippen LogP contribution in [0.2, 0.25) is 0 Å². The Morgan fingerprint density at radius 1 is 1.40 bits per heavy atom. The Morgan fingerprint density at radius 3 is 2.50 bits per heavy atom. The molecule has 0 radical (unpaired) electrons. The van der Waals surface area contributed by atoms with E-state index in [4.69, 9.17) is 5.73 Å². The number of amides is 1. The average Bonchev–Trinajstić information content (AvgIpc) is 2.24. The molecule has 5 heteroatoms. The summed E-state index contributed by atoms with van der Waals surface area (Å²) in [5, 5.41) is 9.32. The van der Waals surface area contributed by atoms with E-state index in [1.54, 1.807) is 0 Å². The molecule has 1 fully saturated rings. The first-order valence-electron chi connectivity index (χ1n) is 7.39. The molecule has 1 amide bonds. The molecule has 0 bridgehead atoms. The van der Waals surface area contributed by atoms with Crippen LogP contribution in [0.3, 0.4) is 0 Å². The van der Waals surface area contributed by atoms with Crippen LogP contribution in [0, 0.1) is 11.3 Å². The number of nitrogens with zero attached hydrogens (tertiary/aromatic N) is 1. The smallest absolute Gasteiger partial charge is 0.326 e. The molecule has 116 valence electrons. The number of hydrogen-bond acceptors (Lipinski definition) is 3. The van der Waals surface area contributed by atoms with E-state index in [0.717, 1.165) is 19.3 Å². The van der Waals surface area contributed by atoms with E-state index in [9.17, 15) is 14.7 Å². The van der Waals surface area contributed by atoms with Crippen LogP contribution >= 0.6 is 0 Å². The largest absolute Gasteiger partial charge is 0.480 e. The summed E-state index contributed by atoms with van der Waals surface area (Å²) in [6.45, 7) is 8.68. The topological polar surface area (TPSA) is 83.6 Å². The Morgan fingerprint density at radius 2 is 2.00 bits per heavy atom. The van der Waals surface area contributed by atoms with Crippen LogP contribution in [0.5, 0.6) is 0 Å². The van der Waals surface area contributed by atoms with Crippen LogP contribution in [0.1, 0.15) is 53.4 Å². The van der Waals surface area contributed by atoms with E-state index in [0.29, 0.717) is 6.54 Å². The van der Waals surface area contributed by atoms with Gasteiger partial charge in [-0.15, -0.1) is 0 Å². The summed E-state index contributed by atoms with van der Waals surface area (Å²) in [6.07, 6.45) is 2.70. The van der Waals surface area contributed by atoms with Gasteiger partial charge in [-0.2, -0.15) is 0 Å². The molecule has 1 aliphatic heterocycles. The van der Waals surface area contributed by atoms with Gasteiger partial charge < -0.3 is 15.7 Å². The first kappa shape index (κ1) is 17.0. The molecule has 20 heavy (non-hydrogen) atoms. The van der Waals surface area contributed by atoms with E-state index in [2.05, 4.69) is 20.8 Å². The van der Waals surface area contributed by atoms with Crippen molar-refractivity contribution in [3.8, 4) is 0 Å². The van der Waals surface area contributed by atoms with Crippen LogP contribution in [0.15, 0.2) is 0 Å². The predicted octanol–water partition coefficient (Wildman–Crippen LogP) is 1.85. The maximum absolute atomic E-state index is 12.3. The predicted molar refractivity (Wildman–Crippen MR) is 78.2 cm³/mol. The number of likely N-dealkylation sites (tertiary alicyclic amines) is 1. The van der Waals surface area contributed by atoms with Crippen LogP contribution in [-0.4, -0.2) is 40.5 Å². The fourth-order valence-electron chi connectivity index (χ4n) is 3.04. The standard InChI is InChI=1S/C15H28N2O3/c1-10-6-5-7-17(13(10)14(19)20)12(18)8-11(16)9-15(2,3)4/h10-11,13H,5-9,16H2,1-4H3,(H,19,20). The zero-order valence-corrected chi connectivity index (χ0v) is 13.1. The molecule has 0 aromatic rings. The minimum Gasteiger partial charge on any atom is -0.480 e. The van der Waals surface area contributed by atoms with E-state index in [1.807, 2.05) is 6.92 Å². The van der Waals surface area contributed by atoms with Gasteiger partial charge in [-0.25, -0.2) is 4.79 Å². The van der Waals surface area contributed by atoms with Crippen molar-refractivity contribution in [2.75, 3.05) is 6.54 Å². The number of rotatable bonds is 4. The first-order valence-corrected chi connectivity index (χ1v) is 7.39. The van der Waals surface area contributed by atoms with Gasteiger partial charge in [-0.05, 0) is 30.6 Å². The van der Waals surface area contributed by atoms with Crippen molar-refractivity contribution in [3.63, 3.8) is 0 Å². The van der Waals surface area contributed by atoms with Crippen LogP contribution in [-0.2, 0) is 9.59 Å². The lowest BCUT2D eigenvalue weighted by molar-refractivity contribution is -0.154. The Bertz CT molecular complexity index is 363. The third-order valence-corrected chi connectivity index (χ3v) is 3.82. The van der Waals surface area contributed by atoms with Crippen molar-refractivity contribution in [1.82, 2.24) is 4.90 Å². The van der Waals surface area contributed by atoms with Gasteiger partial charge in [0, 0.05) is 19.0 Å². The number of nitrogens with two attached hydrogens (primary N) is 1. The summed E-state index contributed by atoms with van der Waals surface area (Å²) >= 11 is 0. The monoisotopic (exact) mass is 284 g/mol. The molecule has 3 unspecified atom stereocenters. The SMILES string of the molecule is CC1CCCN(C(=O)CC(N)CC(C)(C)C)C1C(=O)O. The Balaban J connectivity index is 2.67. The van der Waals surface area contributed by atoms with E-state index in [-0.39, 0.29) is 29.7 Å². The third-order valence-electron chi connectivity index (χ3n) is 3.82. The highest BCUT2D eigenvalue weighted by atomic mass is 16.4. The summed E-state index contributed by atoms with van der Waals surface area (Å²) in [5.74, 6) is -1.03. The van der Waals surface area contributed by atoms with Crippen LogP contribution < -0.4 is 5.73 Å². The Kier molecular flexibility index (Phi) is 5.57. The molecule has 3 N–H and O–H groups in total. The summed E-state index contributed by atoms with van der Waals surface area (Å²) < 4.78 is 0. The third kappa shape index (κ3) is 4.78. The van der Waals surface area contributed by atoms with Crippen LogP contribution in [0.4, 0.5) is 0 Å². The van der Waals surface area contributed by atoms with Crippen molar-refractivity contribution in [2.24, 2.45) is 17.1 Å². The quantitative estimate of drug-likeness (QED) is 0.825. The molecule has 1 heterocycles. The number of carboxylic acids is 1. The lowest BCUT2D eigenvalue weighted by Crippen LogP contribution is -2.53. The summed E-state index contributed by atoms with van der Waals surface area (Å²) in [4.78, 5) is 25.2. The number of piperidine rings is 1. The Labute approximate surface area is 121 Å². The highest BCUT2D eigenvalue weighted by molar-refractivity contribution is 5.84. The molecule has 0 aliphatic carbocycles. The van der Waals surface area contributed by atoms with Gasteiger partial charge in [-0.3, -0.25) is 4.79 Å². The van der Waals surface area contributed by atoms with Crippen molar-refractivity contribution < 1.29 is 14.7 Å². The van der Waals surface area contributed by atoms with Gasteiger partial charge in [0.2, 0.25) is 5.91 Å². The van der Waals surface area contributed by atoms with Gasteiger partial charge in [0.15, 0.2) is 0 Å². The van der Waals surface area contributed by atoms with Gasteiger partial charge in [0.25, 0.3) is 0 Å². The first-order chi connectivity index (χ1) is 9.11. The number of hydrogen-bond donors (Lipinski definition) is 2.